The molecule has 3 heteroatoms. The summed E-state index contributed by atoms with van der Waals surface area (Å²) in [6.07, 6.45) is 8.58. The summed E-state index contributed by atoms with van der Waals surface area (Å²) in [4.78, 5) is 3.75. The third-order valence-corrected chi connectivity index (χ3v) is 5.38. The Labute approximate surface area is 143 Å². The number of allylic oxidation sites excluding steroid dienone is 2. The minimum absolute atomic E-state index is 0.987. The van der Waals surface area contributed by atoms with Gasteiger partial charge in [0.05, 0.1) is 10.7 Å². The van der Waals surface area contributed by atoms with Crippen molar-refractivity contribution >= 4 is 23.5 Å². The summed E-state index contributed by atoms with van der Waals surface area (Å²) in [5, 5.41) is 1.29. The van der Waals surface area contributed by atoms with Crippen molar-refractivity contribution in [1.29, 1.82) is 0 Å². The normalized spacial score (nSPS) is 15.7. The lowest BCUT2D eigenvalue weighted by Crippen LogP contribution is -2.30. The maximum atomic E-state index is 2.39. The van der Waals surface area contributed by atoms with Crippen LogP contribution in [-0.4, -0.2) is 6.54 Å². The average Bonchev–Trinajstić information content (AvgIpc) is 2.86. The van der Waals surface area contributed by atoms with Gasteiger partial charge in [-0.2, -0.15) is 0 Å². The van der Waals surface area contributed by atoms with E-state index in [2.05, 4.69) is 86.0 Å². The molecule has 1 aromatic heterocycles. The minimum Gasteiger partial charge on any atom is -0.335 e. The first-order valence-corrected chi connectivity index (χ1v) is 8.81. The van der Waals surface area contributed by atoms with Crippen molar-refractivity contribution < 1.29 is 4.57 Å². The number of aromatic nitrogens is 1. The molecule has 0 N–H and O–H groups in total. The number of benzene rings is 1. The maximum absolute atomic E-state index is 2.39. The number of anilines is 1. The molecule has 0 unspecified atom stereocenters. The van der Waals surface area contributed by atoms with Crippen molar-refractivity contribution in [3.63, 3.8) is 0 Å². The molecule has 1 aromatic carbocycles. The molecule has 118 valence electrons. The smallest absolute Gasteiger partial charge is 0.204 e. The van der Waals surface area contributed by atoms with Crippen molar-refractivity contribution in [2.24, 2.45) is 7.05 Å². The molecule has 0 fully saturated rings. The van der Waals surface area contributed by atoms with Gasteiger partial charge in [0.1, 0.15) is 7.05 Å². The van der Waals surface area contributed by atoms with Crippen molar-refractivity contribution in [2.45, 2.75) is 25.7 Å². The molecular formula is C20H23N2S+. The monoisotopic (exact) mass is 323 g/mol. The molecule has 0 amide bonds. The predicted octanol–water partition coefficient (Wildman–Crippen LogP) is 4.61. The zero-order chi connectivity index (χ0) is 16.4. The molecule has 0 bridgehead atoms. The number of aryl methyl sites for hydroxylation is 3. The van der Waals surface area contributed by atoms with Gasteiger partial charge < -0.3 is 4.90 Å². The van der Waals surface area contributed by atoms with Crippen LogP contribution in [0.2, 0.25) is 0 Å². The summed E-state index contributed by atoms with van der Waals surface area (Å²) in [5.74, 6) is 0. The zero-order valence-corrected chi connectivity index (χ0v) is 15.0. The fraction of sp³-hybridized carbons (Fsp3) is 0.250. The highest BCUT2D eigenvalue weighted by Gasteiger charge is 2.24. The average molecular weight is 323 g/mol. The van der Waals surface area contributed by atoms with Gasteiger partial charge in [-0.1, -0.05) is 17.8 Å². The van der Waals surface area contributed by atoms with E-state index in [0.717, 1.165) is 6.54 Å². The van der Waals surface area contributed by atoms with Crippen LogP contribution in [0.4, 0.5) is 5.69 Å². The van der Waals surface area contributed by atoms with Crippen LogP contribution in [0.3, 0.4) is 0 Å². The molecule has 1 aliphatic rings. The van der Waals surface area contributed by atoms with Crippen molar-refractivity contribution in [3.8, 4) is 0 Å². The molecule has 2 nitrogen and oxygen atoms in total. The number of hydrogen-bond acceptors (Lipinski definition) is 2. The fourth-order valence-corrected chi connectivity index (χ4v) is 3.96. The summed E-state index contributed by atoms with van der Waals surface area (Å²) >= 11 is 1.86. The third kappa shape index (κ3) is 3.20. The number of rotatable bonds is 3. The van der Waals surface area contributed by atoms with Gasteiger partial charge in [-0.15, -0.1) is 0 Å². The van der Waals surface area contributed by atoms with E-state index >= 15 is 0 Å². The van der Waals surface area contributed by atoms with Gasteiger partial charge >= 0.3 is 0 Å². The summed E-state index contributed by atoms with van der Waals surface area (Å²) < 4.78 is 2.12. The highest BCUT2D eigenvalue weighted by atomic mass is 32.2. The Kier molecular flexibility index (Phi) is 4.58. The topological polar surface area (TPSA) is 7.12 Å². The second-order valence-corrected chi connectivity index (χ2v) is 6.91. The van der Waals surface area contributed by atoms with Crippen LogP contribution >= 0.6 is 11.8 Å². The Hall–Kier alpha value is -2.00. The standard InChI is InChI=1S/C20H23N2S/c1-5-22-18-13-15(2)16(3)14-19(18)23-20(22)11-8-10-17-9-6-7-12-21(17)4/h6-14H,5H2,1-4H3/q+1. The molecule has 0 atom stereocenters. The maximum Gasteiger partial charge on any atom is 0.204 e. The van der Waals surface area contributed by atoms with Crippen LogP contribution in [0.5, 0.6) is 0 Å². The second kappa shape index (κ2) is 6.63. The van der Waals surface area contributed by atoms with Crippen LogP contribution in [0.1, 0.15) is 23.7 Å². The van der Waals surface area contributed by atoms with Crippen LogP contribution in [0.15, 0.2) is 58.6 Å². The van der Waals surface area contributed by atoms with E-state index in [-0.39, 0.29) is 0 Å². The molecule has 3 rings (SSSR count). The van der Waals surface area contributed by atoms with Gasteiger partial charge in [0, 0.05) is 29.6 Å². The van der Waals surface area contributed by atoms with E-state index in [1.807, 2.05) is 17.8 Å². The number of pyridine rings is 1. The summed E-state index contributed by atoms with van der Waals surface area (Å²) in [6.45, 7) is 7.56. The molecule has 0 spiro atoms. The first-order valence-electron chi connectivity index (χ1n) is 8.00. The van der Waals surface area contributed by atoms with Crippen LogP contribution in [0, 0.1) is 13.8 Å². The van der Waals surface area contributed by atoms with E-state index in [9.17, 15) is 0 Å². The molecule has 0 radical (unpaired) electrons. The number of fused-ring (bicyclic) bond motifs is 1. The van der Waals surface area contributed by atoms with Gasteiger partial charge in [-0.25, -0.2) is 4.57 Å². The quantitative estimate of drug-likeness (QED) is 0.761. The van der Waals surface area contributed by atoms with Gasteiger partial charge in [-0.05, 0) is 56.2 Å². The lowest BCUT2D eigenvalue weighted by molar-refractivity contribution is -0.673. The molecule has 2 heterocycles. The molecule has 1 aliphatic heterocycles. The van der Waals surface area contributed by atoms with E-state index in [0.29, 0.717) is 0 Å². The first kappa shape index (κ1) is 15.9. The van der Waals surface area contributed by atoms with Crippen molar-refractivity contribution in [2.75, 3.05) is 11.4 Å². The fourth-order valence-electron chi connectivity index (χ4n) is 2.74. The first-order chi connectivity index (χ1) is 11.1. The Morgan fingerprint density at radius 1 is 1.17 bits per heavy atom. The Morgan fingerprint density at radius 3 is 2.70 bits per heavy atom. The highest BCUT2D eigenvalue weighted by molar-refractivity contribution is 8.03. The summed E-state index contributed by atoms with van der Waals surface area (Å²) in [6, 6.07) is 10.8. The SMILES string of the molecule is CCN1C(=CC=Cc2cccc[n+]2C)Sc2cc(C)c(C)cc21. The third-order valence-electron chi connectivity index (χ3n) is 4.26. The van der Waals surface area contributed by atoms with Crippen LogP contribution in [0.25, 0.3) is 6.08 Å². The number of thioether (sulfide) groups is 1. The lowest BCUT2D eigenvalue weighted by atomic mass is 10.1. The number of nitrogens with zero attached hydrogens (tertiary/aromatic N) is 2. The molecular weight excluding hydrogens is 300 g/mol. The van der Waals surface area contributed by atoms with E-state index in [1.165, 1.54) is 32.4 Å². The summed E-state index contributed by atoms with van der Waals surface area (Å²) in [5.41, 5.74) is 5.25. The Morgan fingerprint density at radius 2 is 1.96 bits per heavy atom. The van der Waals surface area contributed by atoms with Crippen LogP contribution < -0.4 is 9.47 Å². The second-order valence-electron chi connectivity index (χ2n) is 5.85. The molecule has 0 aliphatic carbocycles. The summed E-state index contributed by atoms with van der Waals surface area (Å²) in [7, 11) is 2.07. The molecule has 23 heavy (non-hydrogen) atoms. The van der Waals surface area contributed by atoms with Gasteiger partial charge in [0.25, 0.3) is 0 Å². The van der Waals surface area contributed by atoms with E-state index in [4.69, 9.17) is 0 Å². The van der Waals surface area contributed by atoms with Gasteiger partial charge in [-0.3, -0.25) is 0 Å². The van der Waals surface area contributed by atoms with Crippen LogP contribution in [-0.2, 0) is 7.05 Å². The Balaban J connectivity index is 1.88. The largest absolute Gasteiger partial charge is 0.335 e. The number of hydrogen-bond donors (Lipinski definition) is 0. The van der Waals surface area contributed by atoms with Crippen molar-refractivity contribution in [3.05, 3.63) is 70.5 Å². The van der Waals surface area contributed by atoms with Crippen molar-refractivity contribution in [1.82, 2.24) is 0 Å². The molecule has 0 saturated carbocycles. The molecule has 2 aromatic rings. The lowest BCUT2D eigenvalue weighted by Gasteiger charge is -2.18. The van der Waals surface area contributed by atoms with Gasteiger partial charge in [0.15, 0.2) is 6.20 Å². The van der Waals surface area contributed by atoms with E-state index < -0.39 is 0 Å². The zero-order valence-electron chi connectivity index (χ0n) is 14.2. The minimum atomic E-state index is 0.987. The Bertz CT molecular complexity index is 790. The molecule has 0 saturated heterocycles. The van der Waals surface area contributed by atoms with E-state index in [1.54, 1.807) is 0 Å². The predicted molar refractivity (Wildman–Crippen MR) is 99.5 cm³/mol. The van der Waals surface area contributed by atoms with Gasteiger partial charge in [0.2, 0.25) is 5.69 Å². The highest BCUT2D eigenvalue weighted by Crippen LogP contribution is 2.46.